The number of hydrogen-bond donors (Lipinski definition) is 3. The molecule has 9 nitrogen and oxygen atoms in total. The van der Waals surface area contributed by atoms with Gasteiger partial charge in [0.1, 0.15) is 6.04 Å². The summed E-state index contributed by atoms with van der Waals surface area (Å²) in [4.78, 5) is 37.7. The zero-order valence-electron chi connectivity index (χ0n) is 28.8. The van der Waals surface area contributed by atoms with Crippen molar-refractivity contribution in [3.8, 4) is 11.1 Å². The maximum absolute atomic E-state index is 13.1. The van der Waals surface area contributed by atoms with Crippen LogP contribution in [0, 0.1) is 5.92 Å². The first-order chi connectivity index (χ1) is 25.4. The van der Waals surface area contributed by atoms with Crippen molar-refractivity contribution in [2.75, 3.05) is 12.3 Å². The molecule has 0 saturated carbocycles. The maximum Gasteiger partial charge on any atom is 0.471 e. The van der Waals surface area contributed by atoms with Crippen molar-refractivity contribution in [2.45, 2.75) is 68.5 Å². The third-order valence-electron chi connectivity index (χ3n) is 9.66. The number of aromatic carboxylic acids is 1. The van der Waals surface area contributed by atoms with Gasteiger partial charge in [-0.05, 0) is 64.9 Å². The molecule has 278 valence electrons. The molecule has 53 heavy (non-hydrogen) atoms. The summed E-state index contributed by atoms with van der Waals surface area (Å²) in [6, 6.07) is 28.2. The molecule has 0 aromatic heterocycles. The van der Waals surface area contributed by atoms with Crippen LogP contribution in [0.15, 0.2) is 102 Å². The summed E-state index contributed by atoms with van der Waals surface area (Å²) in [5.41, 5.74) is 5.13. The van der Waals surface area contributed by atoms with Crippen LogP contribution in [-0.4, -0.2) is 63.5 Å². The van der Waals surface area contributed by atoms with Crippen molar-refractivity contribution in [1.29, 1.82) is 0 Å². The molecule has 0 unspecified atom stereocenters. The molecule has 2 fully saturated rings. The van der Waals surface area contributed by atoms with E-state index in [1.54, 1.807) is 36.0 Å². The van der Waals surface area contributed by atoms with Crippen molar-refractivity contribution in [3.63, 3.8) is 0 Å². The fraction of sp³-hybridized carbons (Fsp3) is 0.325. The summed E-state index contributed by atoms with van der Waals surface area (Å²) in [7, 11) is 0. The van der Waals surface area contributed by atoms with Gasteiger partial charge in [0.2, 0.25) is 5.91 Å². The number of aliphatic hydroxyl groups excluding tert-OH is 1. The second kappa shape index (κ2) is 16.5. The Hall–Kier alpha value is -4.69. The Bertz CT molecular complexity index is 1910. The lowest BCUT2D eigenvalue weighted by molar-refractivity contribution is -0.268. The van der Waals surface area contributed by atoms with E-state index in [2.05, 4.69) is 12.2 Å². The van der Waals surface area contributed by atoms with Gasteiger partial charge >= 0.3 is 18.1 Å². The van der Waals surface area contributed by atoms with Gasteiger partial charge in [-0.1, -0.05) is 79.7 Å². The number of carbonyl (C=O) groups excluding carboxylic acids is 2. The van der Waals surface area contributed by atoms with Crippen LogP contribution in [0.1, 0.15) is 64.8 Å². The highest BCUT2D eigenvalue weighted by Gasteiger charge is 2.47. The molecular formula is C40H39F3N2O7S. The number of nitrogens with one attached hydrogen (secondary N) is 1. The largest absolute Gasteiger partial charge is 0.478 e. The Labute approximate surface area is 309 Å². The number of ether oxygens (including phenoxy) is 2. The van der Waals surface area contributed by atoms with Crippen LogP contribution in [0.3, 0.4) is 0 Å². The van der Waals surface area contributed by atoms with Gasteiger partial charge in [-0.3, -0.25) is 9.59 Å². The minimum atomic E-state index is -5.04. The summed E-state index contributed by atoms with van der Waals surface area (Å²) in [5, 5.41) is 21.6. The fourth-order valence-corrected chi connectivity index (χ4v) is 7.77. The number of alkyl halides is 3. The minimum absolute atomic E-state index is 0.0544. The highest BCUT2D eigenvalue weighted by molar-refractivity contribution is 7.99. The van der Waals surface area contributed by atoms with Gasteiger partial charge in [0.05, 0.1) is 24.4 Å². The van der Waals surface area contributed by atoms with Crippen LogP contribution in [0.5, 0.6) is 0 Å². The zero-order valence-corrected chi connectivity index (χ0v) is 29.6. The minimum Gasteiger partial charge on any atom is -0.478 e. The highest BCUT2D eigenvalue weighted by atomic mass is 32.2. The van der Waals surface area contributed by atoms with Gasteiger partial charge in [0, 0.05) is 35.2 Å². The number of thioether (sulfide) groups is 1. The van der Waals surface area contributed by atoms with Crippen molar-refractivity contribution in [2.24, 2.45) is 5.92 Å². The molecule has 5 atom stereocenters. The highest BCUT2D eigenvalue weighted by Crippen LogP contribution is 2.43. The first kappa shape index (κ1) is 38.0. The Balaban J connectivity index is 1.18. The van der Waals surface area contributed by atoms with Crippen molar-refractivity contribution < 1.29 is 47.2 Å². The number of likely N-dealkylation sites (tertiary alicyclic amines) is 1. The topological polar surface area (TPSA) is 125 Å². The average Bonchev–Trinajstić information content (AvgIpc) is 3.66. The summed E-state index contributed by atoms with van der Waals surface area (Å²) < 4.78 is 52.5. The van der Waals surface area contributed by atoms with Crippen molar-refractivity contribution in [3.05, 3.63) is 125 Å². The molecular weight excluding hydrogens is 710 g/mol. The normalized spacial score (nSPS) is 21.7. The van der Waals surface area contributed by atoms with Crippen LogP contribution in [0.2, 0.25) is 0 Å². The zero-order chi connectivity index (χ0) is 37.7. The Morgan fingerprint density at radius 3 is 2.25 bits per heavy atom. The first-order valence-corrected chi connectivity index (χ1v) is 18.2. The van der Waals surface area contributed by atoms with Gasteiger partial charge in [-0.15, -0.1) is 11.8 Å². The van der Waals surface area contributed by atoms with E-state index >= 15 is 0 Å². The molecule has 2 saturated heterocycles. The van der Waals surface area contributed by atoms with E-state index in [1.807, 2.05) is 72.8 Å². The number of benzene rings is 4. The summed E-state index contributed by atoms with van der Waals surface area (Å²) in [6.45, 7) is 1.93. The number of amides is 2. The van der Waals surface area contributed by atoms with Gasteiger partial charge in [-0.25, -0.2) is 4.79 Å². The molecule has 4 aromatic rings. The maximum atomic E-state index is 13.1. The van der Waals surface area contributed by atoms with E-state index in [0.29, 0.717) is 17.1 Å². The van der Waals surface area contributed by atoms with Crippen LogP contribution < -0.4 is 5.32 Å². The number of aliphatic hydroxyl groups is 1. The van der Waals surface area contributed by atoms with E-state index in [4.69, 9.17) is 9.47 Å². The van der Waals surface area contributed by atoms with Gasteiger partial charge in [-0.2, -0.15) is 13.2 Å². The third kappa shape index (κ3) is 8.93. The lowest BCUT2D eigenvalue weighted by Gasteiger charge is -2.41. The molecule has 3 N–H and O–H groups in total. The summed E-state index contributed by atoms with van der Waals surface area (Å²) in [5.74, 6) is -3.09. The average molecular weight is 749 g/mol. The first-order valence-electron chi connectivity index (χ1n) is 17.2. The number of nitrogens with zero attached hydrogens (tertiary/aromatic N) is 1. The van der Waals surface area contributed by atoms with Crippen LogP contribution in [-0.2, 0) is 32.2 Å². The van der Waals surface area contributed by atoms with Gasteiger partial charge in [0.15, 0.2) is 6.29 Å². The van der Waals surface area contributed by atoms with Gasteiger partial charge < -0.3 is 29.9 Å². The number of carboxylic acid groups (broad SMARTS) is 1. The predicted molar refractivity (Wildman–Crippen MR) is 192 cm³/mol. The number of halogens is 3. The standard InChI is InChI=1S/C40H39F3N2O7S/c1-24-34(23-53-31-18-16-28(17-19-31)37(48)49)51-38(52-35(24)27-10-8-25(22-46)9-11-27)29-14-12-26(13-15-29)32-6-3-2-5-30(32)21-44-36(47)33-7-4-20-45(33)39(50)40(41,42)43/h2-3,5-6,8-19,24,33-35,38,46H,4,7,20-23H2,1H3,(H,44,47)(H,48,49)/t24-,33-,34+,35+,38+/m0/s1. The van der Waals surface area contributed by atoms with E-state index < -0.39 is 36.3 Å². The molecule has 2 aliphatic heterocycles. The van der Waals surface area contributed by atoms with Crippen LogP contribution >= 0.6 is 11.8 Å². The van der Waals surface area contributed by atoms with E-state index in [-0.39, 0.29) is 49.8 Å². The molecule has 4 aromatic carbocycles. The molecule has 2 heterocycles. The fourth-order valence-electron chi connectivity index (χ4n) is 6.70. The SMILES string of the molecule is C[C@H]1[C@@H](CSc2ccc(C(=O)O)cc2)O[C@@H](c2ccc(-c3ccccc3CNC(=O)[C@@H]3CCCN3C(=O)C(F)(F)F)cc2)O[C@H]1c1ccc(CO)cc1. The number of rotatable bonds is 11. The lowest BCUT2D eigenvalue weighted by atomic mass is 9.91. The molecule has 0 aliphatic carbocycles. The van der Waals surface area contributed by atoms with Crippen LogP contribution in [0.4, 0.5) is 13.2 Å². The monoisotopic (exact) mass is 748 g/mol. The number of carbonyl (C=O) groups is 3. The summed E-state index contributed by atoms with van der Waals surface area (Å²) in [6.07, 6.45) is -5.85. The van der Waals surface area contributed by atoms with E-state index in [9.17, 15) is 37.8 Å². The molecule has 0 bridgehead atoms. The second-order valence-corrected chi connectivity index (χ2v) is 14.2. The Kier molecular flexibility index (Phi) is 11.9. The molecule has 13 heteroatoms. The third-order valence-corrected chi connectivity index (χ3v) is 10.8. The molecule has 2 aliphatic rings. The second-order valence-electron chi connectivity index (χ2n) is 13.1. The molecule has 0 spiro atoms. The summed E-state index contributed by atoms with van der Waals surface area (Å²) >= 11 is 1.56. The molecule has 2 amide bonds. The lowest BCUT2D eigenvalue weighted by Crippen LogP contribution is -2.50. The van der Waals surface area contributed by atoms with Crippen LogP contribution in [0.25, 0.3) is 11.1 Å². The molecule has 6 rings (SSSR count). The Morgan fingerprint density at radius 2 is 1.58 bits per heavy atom. The smallest absolute Gasteiger partial charge is 0.471 e. The number of carboxylic acids is 1. The Morgan fingerprint density at radius 1 is 0.906 bits per heavy atom. The molecule has 0 radical (unpaired) electrons. The van der Waals surface area contributed by atoms with E-state index in [1.165, 1.54) is 0 Å². The quantitative estimate of drug-likeness (QED) is 0.137. The van der Waals surface area contributed by atoms with Crippen molar-refractivity contribution in [1.82, 2.24) is 10.2 Å². The van der Waals surface area contributed by atoms with E-state index in [0.717, 1.165) is 38.3 Å². The predicted octanol–water partition coefficient (Wildman–Crippen LogP) is 7.30. The van der Waals surface area contributed by atoms with Crippen molar-refractivity contribution >= 4 is 29.5 Å². The van der Waals surface area contributed by atoms with Gasteiger partial charge in [0.25, 0.3) is 0 Å². The number of hydrogen-bond acceptors (Lipinski definition) is 7.